The fourth-order valence-electron chi connectivity index (χ4n) is 3.64. The van der Waals surface area contributed by atoms with Crippen LogP contribution >= 0.6 is 22.9 Å². The van der Waals surface area contributed by atoms with Crippen molar-refractivity contribution in [1.29, 1.82) is 0 Å². The van der Waals surface area contributed by atoms with Crippen molar-refractivity contribution in [3.05, 3.63) is 41.0 Å². The molecule has 0 N–H and O–H groups in total. The molecule has 1 unspecified atom stereocenters. The number of rotatable bonds is 3. The Morgan fingerprint density at radius 2 is 2.04 bits per heavy atom. The van der Waals surface area contributed by atoms with Gasteiger partial charge in [-0.1, -0.05) is 37.3 Å². The van der Waals surface area contributed by atoms with Gasteiger partial charge in [0.2, 0.25) is 5.28 Å². The number of piperidine rings is 1. The van der Waals surface area contributed by atoms with Gasteiger partial charge in [0.15, 0.2) is 0 Å². The zero-order chi connectivity index (χ0) is 16.5. The Hall–Kier alpha value is -1.65. The first-order valence-corrected chi connectivity index (χ1v) is 9.80. The fourth-order valence-corrected chi connectivity index (χ4v) is 4.80. The molecule has 4 rings (SSSR count). The minimum Gasteiger partial charge on any atom is -0.353 e. The summed E-state index contributed by atoms with van der Waals surface area (Å²) in [5.41, 5.74) is 2.42. The van der Waals surface area contributed by atoms with E-state index < -0.39 is 0 Å². The Labute approximate surface area is 151 Å². The zero-order valence-electron chi connectivity index (χ0n) is 13.7. The van der Waals surface area contributed by atoms with E-state index in [4.69, 9.17) is 11.6 Å². The lowest BCUT2D eigenvalue weighted by atomic mass is 9.99. The van der Waals surface area contributed by atoms with Gasteiger partial charge in [0.05, 0.1) is 5.39 Å². The second kappa shape index (κ2) is 6.69. The fraction of sp³-hybridized carbons (Fsp3) is 0.368. The minimum atomic E-state index is 0.347. The Morgan fingerprint density at radius 3 is 2.83 bits per heavy atom. The van der Waals surface area contributed by atoms with E-state index in [0.29, 0.717) is 11.3 Å². The van der Waals surface area contributed by atoms with Gasteiger partial charge in [0.1, 0.15) is 10.6 Å². The molecule has 0 amide bonds. The van der Waals surface area contributed by atoms with Crippen LogP contribution in [0.4, 0.5) is 5.82 Å². The van der Waals surface area contributed by atoms with Crippen molar-refractivity contribution < 1.29 is 0 Å². The van der Waals surface area contributed by atoms with Crippen molar-refractivity contribution in [2.75, 3.05) is 11.4 Å². The van der Waals surface area contributed by atoms with Crippen molar-refractivity contribution in [2.45, 2.75) is 38.6 Å². The number of nitrogens with zero attached hydrogens (tertiary/aromatic N) is 3. The van der Waals surface area contributed by atoms with E-state index in [-0.39, 0.29) is 0 Å². The van der Waals surface area contributed by atoms with Gasteiger partial charge in [-0.2, -0.15) is 4.98 Å². The second-order valence-electron chi connectivity index (χ2n) is 6.26. The smallest absolute Gasteiger partial charge is 0.225 e. The first-order valence-electron chi connectivity index (χ1n) is 8.54. The summed E-state index contributed by atoms with van der Waals surface area (Å²) in [5.74, 6) is 1.01. The molecule has 1 fully saturated rings. The van der Waals surface area contributed by atoms with Crippen LogP contribution in [0.25, 0.3) is 21.3 Å². The molecule has 0 saturated carbocycles. The molecule has 0 aliphatic carbocycles. The van der Waals surface area contributed by atoms with E-state index in [9.17, 15) is 0 Å². The van der Waals surface area contributed by atoms with Crippen molar-refractivity contribution >= 4 is 39.0 Å². The molecular weight excluding hydrogens is 338 g/mol. The largest absolute Gasteiger partial charge is 0.353 e. The molecule has 0 spiro atoms. The summed E-state index contributed by atoms with van der Waals surface area (Å²) in [6.45, 7) is 3.31. The van der Waals surface area contributed by atoms with Crippen molar-refractivity contribution in [3.63, 3.8) is 0 Å². The van der Waals surface area contributed by atoms with Gasteiger partial charge < -0.3 is 4.90 Å². The highest BCUT2D eigenvalue weighted by atomic mass is 35.5. The van der Waals surface area contributed by atoms with Gasteiger partial charge in [-0.15, -0.1) is 11.3 Å². The van der Waals surface area contributed by atoms with Crippen LogP contribution in [-0.2, 0) is 0 Å². The number of fused-ring (bicyclic) bond motifs is 1. The Morgan fingerprint density at radius 1 is 1.21 bits per heavy atom. The number of thiophene rings is 1. The molecule has 5 heteroatoms. The number of hydrogen-bond acceptors (Lipinski definition) is 4. The summed E-state index contributed by atoms with van der Waals surface area (Å²) in [6, 6.07) is 11.0. The molecule has 3 heterocycles. The second-order valence-corrected chi connectivity index (χ2v) is 7.46. The number of benzene rings is 1. The summed E-state index contributed by atoms with van der Waals surface area (Å²) in [6.07, 6.45) is 4.87. The highest BCUT2D eigenvalue weighted by molar-refractivity contribution is 7.17. The monoisotopic (exact) mass is 357 g/mol. The van der Waals surface area contributed by atoms with Crippen LogP contribution in [0.5, 0.6) is 0 Å². The predicted octanol–water partition coefficient (Wildman–Crippen LogP) is 5.78. The first-order chi connectivity index (χ1) is 11.8. The molecule has 0 radical (unpaired) electrons. The number of aromatic nitrogens is 2. The molecule has 1 atom stereocenters. The van der Waals surface area contributed by atoms with Crippen LogP contribution in [-0.4, -0.2) is 22.6 Å². The average molecular weight is 358 g/mol. The predicted molar refractivity (Wildman–Crippen MR) is 103 cm³/mol. The van der Waals surface area contributed by atoms with Gasteiger partial charge >= 0.3 is 0 Å². The molecule has 2 aromatic heterocycles. The Bertz CT molecular complexity index is 846. The van der Waals surface area contributed by atoms with Gasteiger partial charge in [-0.3, -0.25) is 0 Å². The van der Waals surface area contributed by atoms with Gasteiger partial charge in [0.25, 0.3) is 0 Å². The molecule has 1 saturated heterocycles. The van der Waals surface area contributed by atoms with Crippen LogP contribution in [0.3, 0.4) is 0 Å². The maximum Gasteiger partial charge on any atom is 0.225 e. The van der Waals surface area contributed by atoms with E-state index >= 15 is 0 Å². The highest BCUT2D eigenvalue weighted by Crippen LogP contribution is 2.40. The highest BCUT2D eigenvalue weighted by Gasteiger charge is 2.26. The minimum absolute atomic E-state index is 0.347. The third kappa shape index (κ3) is 2.78. The molecule has 1 aromatic carbocycles. The molecule has 3 aromatic rings. The van der Waals surface area contributed by atoms with E-state index in [1.807, 2.05) is 6.07 Å². The zero-order valence-corrected chi connectivity index (χ0v) is 15.3. The maximum atomic E-state index is 6.25. The van der Waals surface area contributed by atoms with E-state index in [0.717, 1.165) is 29.0 Å². The van der Waals surface area contributed by atoms with Crippen LogP contribution in [0.2, 0.25) is 5.28 Å². The third-order valence-electron chi connectivity index (χ3n) is 4.84. The summed E-state index contributed by atoms with van der Waals surface area (Å²) >= 11 is 7.89. The van der Waals surface area contributed by atoms with Crippen LogP contribution in [0, 0.1) is 0 Å². The normalized spacial score (nSPS) is 18.2. The van der Waals surface area contributed by atoms with Crippen molar-refractivity contribution in [3.8, 4) is 11.1 Å². The molecule has 3 nitrogen and oxygen atoms in total. The third-order valence-corrected chi connectivity index (χ3v) is 5.88. The topological polar surface area (TPSA) is 29.0 Å². The summed E-state index contributed by atoms with van der Waals surface area (Å²) in [7, 11) is 0. The van der Waals surface area contributed by atoms with Crippen LogP contribution < -0.4 is 4.90 Å². The maximum absolute atomic E-state index is 6.25. The quantitative estimate of drug-likeness (QED) is 0.556. The van der Waals surface area contributed by atoms with Crippen LogP contribution in [0.15, 0.2) is 35.7 Å². The molecular formula is C19H20ClN3S. The molecule has 124 valence electrons. The average Bonchev–Trinajstić information content (AvgIpc) is 3.05. The number of hydrogen-bond donors (Lipinski definition) is 0. The van der Waals surface area contributed by atoms with Gasteiger partial charge in [-0.05, 0) is 42.8 Å². The Kier molecular flexibility index (Phi) is 4.42. The molecule has 1 aliphatic rings. The van der Waals surface area contributed by atoms with E-state index in [1.54, 1.807) is 11.3 Å². The van der Waals surface area contributed by atoms with E-state index in [2.05, 4.69) is 51.4 Å². The van der Waals surface area contributed by atoms with Gasteiger partial charge in [-0.25, -0.2) is 4.98 Å². The summed E-state index contributed by atoms with van der Waals surface area (Å²) < 4.78 is 0. The lowest BCUT2D eigenvalue weighted by Crippen LogP contribution is -2.39. The SMILES string of the molecule is CCC1CCCCN1c1nc(Cl)nc2scc(-c3ccccc3)c12. The lowest BCUT2D eigenvalue weighted by Gasteiger charge is -2.36. The summed E-state index contributed by atoms with van der Waals surface area (Å²) in [5, 5.41) is 3.68. The number of halogens is 1. The summed E-state index contributed by atoms with van der Waals surface area (Å²) in [4.78, 5) is 12.6. The molecule has 1 aliphatic heterocycles. The standard InChI is InChI=1S/C19H20ClN3S/c1-2-14-10-6-7-11-23(14)17-16-15(13-8-4-3-5-9-13)12-24-18(16)22-19(20)21-17/h3-5,8-9,12,14H,2,6-7,10-11H2,1H3. The molecule has 0 bridgehead atoms. The van der Waals surface area contributed by atoms with Crippen molar-refractivity contribution in [1.82, 2.24) is 9.97 Å². The molecule has 24 heavy (non-hydrogen) atoms. The van der Waals surface area contributed by atoms with Crippen molar-refractivity contribution in [2.24, 2.45) is 0 Å². The van der Waals surface area contributed by atoms with E-state index in [1.165, 1.54) is 30.4 Å². The lowest BCUT2D eigenvalue weighted by molar-refractivity contribution is 0.448. The first kappa shape index (κ1) is 15.9. The Balaban J connectivity index is 1.92. The van der Waals surface area contributed by atoms with Gasteiger partial charge in [0, 0.05) is 23.5 Å². The number of anilines is 1. The van der Waals surface area contributed by atoms with Crippen LogP contribution in [0.1, 0.15) is 32.6 Å².